The monoisotopic (exact) mass is 213 g/mol. The molecule has 0 heterocycles. The van der Waals surface area contributed by atoms with E-state index >= 15 is 0 Å². The van der Waals surface area contributed by atoms with Crippen LogP contribution in [0.5, 0.6) is 5.75 Å². The molecule has 1 rings (SSSR count). The van der Waals surface area contributed by atoms with Gasteiger partial charge in [0.25, 0.3) is 0 Å². The van der Waals surface area contributed by atoms with Gasteiger partial charge in [-0.2, -0.15) is 0 Å². The predicted molar refractivity (Wildman–Crippen MR) is 59.9 cm³/mol. The molecule has 1 unspecified atom stereocenters. The van der Waals surface area contributed by atoms with E-state index in [1.807, 2.05) is 6.07 Å². The van der Waals surface area contributed by atoms with Crippen molar-refractivity contribution in [2.75, 3.05) is 6.54 Å². The summed E-state index contributed by atoms with van der Waals surface area (Å²) in [5.74, 6) is 0.598. The molecule has 0 bridgehead atoms. The van der Waals surface area contributed by atoms with Gasteiger partial charge in [-0.1, -0.05) is 18.5 Å². The van der Waals surface area contributed by atoms with Gasteiger partial charge in [0.1, 0.15) is 5.75 Å². The van der Waals surface area contributed by atoms with Crippen molar-refractivity contribution in [3.63, 3.8) is 0 Å². The molecule has 0 aliphatic carbocycles. The van der Waals surface area contributed by atoms with Gasteiger partial charge in [0.2, 0.25) is 0 Å². The molecule has 3 N–H and O–H groups in total. The van der Waals surface area contributed by atoms with Crippen LogP contribution in [0.3, 0.4) is 0 Å². The van der Waals surface area contributed by atoms with Crippen LogP contribution in [0.1, 0.15) is 30.4 Å². The SMILES string of the molecule is Cc1c(O)cc(C(C)CCN)cc1Cl. The van der Waals surface area contributed by atoms with Gasteiger partial charge >= 0.3 is 0 Å². The van der Waals surface area contributed by atoms with E-state index in [-0.39, 0.29) is 5.75 Å². The van der Waals surface area contributed by atoms with E-state index in [0.717, 1.165) is 17.5 Å². The molecule has 0 saturated carbocycles. The fourth-order valence-corrected chi connectivity index (χ4v) is 1.61. The number of phenolic OH excluding ortho intramolecular Hbond substituents is 1. The predicted octanol–water partition coefficient (Wildman–Crippen LogP) is 2.81. The number of halogens is 1. The maximum absolute atomic E-state index is 9.58. The van der Waals surface area contributed by atoms with E-state index in [0.29, 0.717) is 17.5 Å². The number of benzene rings is 1. The first-order valence-electron chi connectivity index (χ1n) is 4.75. The number of phenols is 1. The molecular weight excluding hydrogens is 198 g/mol. The van der Waals surface area contributed by atoms with Crippen LogP contribution >= 0.6 is 11.6 Å². The van der Waals surface area contributed by atoms with Crippen LogP contribution < -0.4 is 5.73 Å². The Morgan fingerprint density at radius 1 is 1.50 bits per heavy atom. The van der Waals surface area contributed by atoms with Crippen LogP contribution in [0, 0.1) is 6.92 Å². The summed E-state index contributed by atoms with van der Waals surface area (Å²) >= 11 is 5.97. The highest BCUT2D eigenvalue weighted by atomic mass is 35.5. The minimum absolute atomic E-state index is 0.261. The molecule has 1 aromatic carbocycles. The van der Waals surface area contributed by atoms with Crippen molar-refractivity contribution in [3.05, 3.63) is 28.3 Å². The third-order valence-corrected chi connectivity index (χ3v) is 2.90. The Balaban J connectivity index is 3.00. The fourth-order valence-electron chi connectivity index (χ4n) is 1.39. The van der Waals surface area contributed by atoms with Crippen molar-refractivity contribution in [3.8, 4) is 5.75 Å². The van der Waals surface area contributed by atoms with Crippen molar-refractivity contribution in [1.29, 1.82) is 0 Å². The van der Waals surface area contributed by atoms with Gasteiger partial charge in [-0.05, 0) is 43.5 Å². The maximum atomic E-state index is 9.58. The Morgan fingerprint density at radius 2 is 2.14 bits per heavy atom. The Kier molecular flexibility index (Phi) is 3.78. The standard InChI is InChI=1S/C11H16ClNO/c1-7(3-4-13)9-5-10(12)8(2)11(14)6-9/h5-7,14H,3-4,13H2,1-2H3. The Morgan fingerprint density at radius 3 is 2.64 bits per heavy atom. The molecule has 0 amide bonds. The molecule has 0 saturated heterocycles. The molecule has 0 fully saturated rings. The molecule has 14 heavy (non-hydrogen) atoms. The Hall–Kier alpha value is -0.730. The summed E-state index contributed by atoms with van der Waals surface area (Å²) in [5, 5.41) is 10.2. The summed E-state index contributed by atoms with van der Waals surface area (Å²) in [7, 11) is 0. The van der Waals surface area contributed by atoms with Crippen LogP contribution in [0.15, 0.2) is 12.1 Å². The second-order valence-electron chi connectivity index (χ2n) is 3.63. The number of aromatic hydroxyl groups is 1. The zero-order valence-corrected chi connectivity index (χ0v) is 9.30. The van der Waals surface area contributed by atoms with Gasteiger partial charge < -0.3 is 10.8 Å². The molecule has 3 heteroatoms. The quantitative estimate of drug-likeness (QED) is 0.811. The molecule has 0 radical (unpaired) electrons. The average Bonchev–Trinajstić information content (AvgIpc) is 2.13. The average molecular weight is 214 g/mol. The summed E-state index contributed by atoms with van der Waals surface area (Å²) in [5.41, 5.74) is 7.25. The van der Waals surface area contributed by atoms with Gasteiger partial charge in [-0.3, -0.25) is 0 Å². The topological polar surface area (TPSA) is 46.2 Å². The van der Waals surface area contributed by atoms with Crippen LogP contribution in [-0.4, -0.2) is 11.7 Å². The van der Waals surface area contributed by atoms with E-state index in [4.69, 9.17) is 17.3 Å². The second kappa shape index (κ2) is 4.67. The summed E-state index contributed by atoms with van der Waals surface area (Å²) in [4.78, 5) is 0. The number of nitrogens with two attached hydrogens (primary N) is 1. The van der Waals surface area contributed by atoms with E-state index < -0.39 is 0 Å². The summed E-state index contributed by atoms with van der Waals surface area (Å²) in [6.45, 7) is 4.52. The number of rotatable bonds is 3. The van der Waals surface area contributed by atoms with E-state index in [9.17, 15) is 5.11 Å². The van der Waals surface area contributed by atoms with Crippen LogP contribution in [0.2, 0.25) is 5.02 Å². The van der Waals surface area contributed by atoms with Crippen molar-refractivity contribution in [2.24, 2.45) is 5.73 Å². The highest BCUT2D eigenvalue weighted by molar-refractivity contribution is 6.31. The van der Waals surface area contributed by atoms with Gasteiger partial charge in [0.15, 0.2) is 0 Å². The third-order valence-electron chi connectivity index (χ3n) is 2.51. The largest absolute Gasteiger partial charge is 0.508 e. The highest BCUT2D eigenvalue weighted by Crippen LogP contribution is 2.30. The van der Waals surface area contributed by atoms with E-state index in [1.54, 1.807) is 13.0 Å². The first kappa shape index (κ1) is 11.3. The van der Waals surface area contributed by atoms with Crippen molar-refractivity contribution < 1.29 is 5.11 Å². The molecule has 78 valence electrons. The first-order valence-corrected chi connectivity index (χ1v) is 5.13. The van der Waals surface area contributed by atoms with Gasteiger partial charge in [0.05, 0.1) is 0 Å². The summed E-state index contributed by atoms with van der Waals surface area (Å²) in [6.07, 6.45) is 0.902. The lowest BCUT2D eigenvalue weighted by Crippen LogP contribution is -2.04. The zero-order valence-electron chi connectivity index (χ0n) is 8.55. The molecule has 0 aliphatic heterocycles. The van der Waals surface area contributed by atoms with Gasteiger partial charge in [0, 0.05) is 10.6 Å². The normalized spacial score (nSPS) is 12.9. The summed E-state index contributed by atoms with van der Waals surface area (Å²) < 4.78 is 0. The first-order chi connectivity index (χ1) is 6.56. The number of hydrogen-bond donors (Lipinski definition) is 2. The summed E-state index contributed by atoms with van der Waals surface area (Å²) in [6, 6.07) is 3.67. The van der Waals surface area contributed by atoms with Gasteiger partial charge in [-0.15, -0.1) is 0 Å². The molecule has 0 aromatic heterocycles. The fraction of sp³-hybridized carbons (Fsp3) is 0.455. The minimum atomic E-state index is 0.261. The third kappa shape index (κ3) is 2.40. The van der Waals surface area contributed by atoms with Crippen LogP contribution in [0.25, 0.3) is 0 Å². The van der Waals surface area contributed by atoms with Gasteiger partial charge in [-0.25, -0.2) is 0 Å². The van der Waals surface area contributed by atoms with Crippen molar-refractivity contribution in [2.45, 2.75) is 26.2 Å². The van der Waals surface area contributed by atoms with Crippen LogP contribution in [-0.2, 0) is 0 Å². The Bertz CT molecular complexity index is 302. The molecule has 1 aromatic rings. The lowest BCUT2D eigenvalue weighted by molar-refractivity contribution is 0.469. The molecule has 0 spiro atoms. The van der Waals surface area contributed by atoms with Crippen LogP contribution in [0.4, 0.5) is 0 Å². The maximum Gasteiger partial charge on any atom is 0.120 e. The van der Waals surface area contributed by atoms with E-state index in [2.05, 4.69) is 6.92 Å². The second-order valence-corrected chi connectivity index (χ2v) is 4.03. The highest BCUT2D eigenvalue weighted by Gasteiger charge is 2.09. The molecule has 2 nitrogen and oxygen atoms in total. The lowest BCUT2D eigenvalue weighted by Gasteiger charge is -2.12. The molecule has 0 aliphatic rings. The van der Waals surface area contributed by atoms with Crippen molar-refractivity contribution in [1.82, 2.24) is 0 Å². The smallest absolute Gasteiger partial charge is 0.120 e. The zero-order chi connectivity index (χ0) is 10.7. The molecular formula is C11H16ClNO. The minimum Gasteiger partial charge on any atom is -0.508 e. The number of hydrogen-bond acceptors (Lipinski definition) is 2. The lowest BCUT2D eigenvalue weighted by atomic mass is 9.96. The van der Waals surface area contributed by atoms with E-state index in [1.165, 1.54) is 0 Å². The Labute approximate surface area is 89.7 Å². The van der Waals surface area contributed by atoms with Crippen molar-refractivity contribution >= 4 is 11.6 Å². The molecule has 1 atom stereocenters.